The zero-order valence-electron chi connectivity index (χ0n) is 17.8. The lowest BCUT2D eigenvalue weighted by Crippen LogP contribution is -2.50. The van der Waals surface area contributed by atoms with E-state index in [4.69, 9.17) is 16.3 Å². The number of halogens is 1. The second-order valence-corrected chi connectivity index (χ2v) is 9.88. The first kappa shape index (κ1) is 23.5. The summed E-state index contributed by atoms with van der Waals surface area (Å²) in [5.74, 6) is -0.139. The number of benzene rings is 2. The quantitative estimate of drug-likeness (QED) is 0.648. The Morgan fingerprint density at radius 2 is 1.87 bits per heavy atom. The van der Waals surface area contributed by atoms with Gasteiger partial charge in [-0.2, -0.15) is 4.31 Å². The number of carbonyl (C=O) groups is 1. The van der Waals surface area contributed by atoms with Gasteiger partial charge in [0.05, 0.1) is 13.7 Å². The van der Waals surface area contributed by atoms with Gasteiger partial charge in [-0.05, 0) is 29.7 Å². The highest BCUT2D eigenvalue weighted by Gasteiger charge is 2.32. The number of ether oxygens (including phenoxy) is 1. The third-order valence-electron chi connectivity index (χ3n) is 5.37. The first-order chi connectivity index (χ1) is 14.8. The zero-order valence-corrected chi connectivity index (χ0v) is 19.3. The number of methoxy groups -OCH3 is 1. The summed E-state index contributed by atoms with van der Waals surface area (Å²) >= 11 is 6.09. The summed E-state index contributed by atoms with van der Waals surface area (Å²) in [6.45, 7) is 4.36. The molecule has 0 aromatic heterocycles. The van der Waals surface area contributed by atoms with Crippen molar-refractivity contribution in [2.45, 2.75) is 17.7 Å². The van der Waals surface area contributed by atoms with Crippen LogP contribution < -0.4 is 10.1 Å². The fourth-order valence-corrected chi connectivity index (χ4v) is 5.49. The van der Waals surface area contributed by atoms with Gasteiger partial charge in [0.1, 0.15) is 10.6 Å². The molecule has 1 aliphatic heterocycles. The van der Waals surface area contributed by atoms with Crippen LogP contribution in [0.5, 0.6) is 5.75 Å². The molecule has 9 heteroatoms. The second-order valence-electron chi connectivity index (χ2n) is 7.54. The number of nitrogens with one attached hydrogen (secondary N) is 1. The van der Waals surface area contributed by atoms with E-state index >= 15 is 0 Å². The Bertz CT molecular complexity index is 995. The zero-order chi connectivity index (χ0) is 22.4. The van der Waals surface area contributed by atoms with Gasteiger partial charge in [0.2, 0.25) is 15.9 Å². The van der Waals surface area contributed by atoms with Crippen molar-refractivity contribution in [1.29, 1.82) is 0 Å². The van der Waals surface area contributed by atoms with Crippen molar-refractivity contribution in [2.24, 2.45) is 0 Å². The standard InChI is InChI=1S/C22H28ClN3O4S/c1-17(18-6-4-3-5-7-18)15-26(16-22(27)25-12-10-24-11-13-25)31(28,29)21-14-19(23)8-9-20(21)30-2/h3-9,14,17,24H,10-13,15-16H2,1-2H3/t17-/m1/s1. The predicted octanol–water partition coefficient (Wildman–Crippen LogP) is 2.57. The van der Waals surface area contributed by atoms with Gasteiger partial charge in [0, 0.05) is 37.7 Å². The maximum Gasteiger partial charge on any atom is 0.247 e. The van der Waals surface area contributed by atoms with Crippen LogP contribution in [0.1, 0.15) is 18.4 Å². The lowest BCUT2D eigenvalue weighted by molar-refractivity contribution is -0.132. The fraction of sp³-hybridized carbons (Fsp3) is 0.409. The van der Waals surface area contributed by atoms with Gasteiger partial charge in [-0.1, -0.05) is 48.9 Å². The molecule has 3 rings (SSSR count). The molecule has 1 fully saturated rings. The third-order valence-corrected chi connectivity index (χ3v) is 7.44. The molecule has 2 aromatic rings. The van der Waals surface area contributed by atoms with E-state index in [0.717, 1.165) is 5.56 Å². The van der Waals surface area contributed by atoms with Gasteiger partial charge >= 0.3 is 0 Å². The van der Waals surface area contributed by atoms with Crippen LogP contribution in [0.15, 0.2) is 53.4 Å². The minimum atomic E-state index is -4.04. The van der Waals surface area contributed by atoms with Gasteiger partial charge in [0.15, 0.2) is 0 Å². The molecule has 0 saturated carbocycles. The van der Waals surface area contributed by atoms with E-state index in [1.807, 2.05) is 37.3 Å². The smallest absolute Gasteiger partial charge is 0.247 e. The van der Waals surface area contributed by atoms with Crippen LogP contribution in [-0.2, 0) is 14.8 Å². The van der Waals surface area contributed by atoms with E-state index in [-0.39, 0.29) is 40.6 Å². The molecular weight excluding hydrogens is 438 g/mol. The van der Waals surface area contributed by atoms with Crippen LogP contribution in [0, 0.1) is 0 Å². The van der Waals surface area contributed by atoms with E-state index in [9.17, 15) is 13.2 Å². The first-order valence-corrected chi connectivity index (χ1v) is 12.0. The van der Waals surface area contributed by atoms with Crippen molar-refractivity contribution < 1.29 is 17.9 Å². The highest BCUT2D eigenvalue weighted by Crippen LogP contribution is 2.31. The number of nitrogens with zero attached hydrogens (tertiary/aromatic N) is 2. The predicted molar refractivity (Wildman–Crippen MR) is 121 cm³/mol. The maximum absolute atomic E-state index is 13.7. The molecule has 2 aromatic carbocycles. The Labute approximate surface area is 189 Å². The number of amides is 1. The minimum absolute atomic E-state index is 0.0455. The van der Waals surface area contributed by atoms with E-state index < -0.39 is 10.0 Å². The largest absolute Gasteiger partial charge is 0.495 e. The molecule has 0 radical (unpaired) electrons. The third kappa shape index (κ3) is 5.77. The summed E-state index contributed by atoms with van der Waals surface area (Å²) < 4.78 is 33.8. The molecular formula is C22H28ClN3O4S. The van der Waals surface area contributed by atoms with Crippen LogP contribution >= 0.6 is 11.6 Å². The number of sulfonamides is 1. The van der Waals surface area contributed by atoms with Gasteiger partial charge in [-0.25, -0.2) is 8.42 Å². The number of carbonyl (C=O) groups excluding carboxylic acids is 1. The SMILES string of the molecule is COc1ccc(Cl)cc1S(=O)(=O)N(CC(=O)N1CCNCC1)C[C@@H](C)c1ccccc1. The minimum Gasteiger partial charge on any atom is -0.495 e. The average molecular weight is 466 g/mol. The van der Waals surface area contributed by atoms with Crippen molar-refractivity contribution in [3.05, 3.63) is 59.1 Å². The van der Waals surface area contributed by atoms with Crippen LogP contribution in [0.25, 0.3) is 0 Å². The summed E-state index contributed by atoms with van der Waals surface area (Å²) in [6.07, 6.45) is 0. The van der Waals surface area contributed by atoms with Crippen LogP contribution in [-0.4, -0.2) is 69.9 Å². The van der Waals surface area contributed by atoms with Crippen molar-refractivity contribution in [3.8, 4) is 5.75 Å². The molecule has 1 N–H and O–H groups in total. The molecule has 0 bridgehead atoms. The molecule has 1 saturated heterocycles. The molecule has 168 valence electrons. The highest BCUT2D eigenvalue weighted by atomic mass is 35.5. The number of piperazine rings is 1. The van der Waals surface area contributed by atoms with E-state index in [1.54, 1.807) is 11.0 Å². The van der Waals surface area contributed by atoms with Gasteiger partial charge in [0.25, 0.3) is 0 Å². The fourth-order valence-electron chi connectivity index (χ4n) is 3.60. The van der Waals surface area contributed by atoms with Crippen LogP contribution in [0.4, 0.5) is 0 Å². The van der Waals surface area contributed by atoms with E-state index in [0.29, 0.717) is 26.2 Å². The molecule has 1 aliphatic rings. The Balaban J connectivity index is 1.94. The average Bonchev–Trinajstić information content (AvgIpc) is 2.79. The number of hydrogen-bond donors (Lipinski definition) is 1. The number of hydrogen-bond acceptors (Lipinski definition) is 5. The molecule has 0 unspecified atom stereocenters. The summed E-state index contributed by atoms with van der Waals surface area (Å²) in [5, 5.41) is 3.48. The topological polar surface area (TPSA) is 79.0 Å². The normalized spacial score (nSPS) is 15.7. The Morgan fingerprint density at radius 3 is 2.52 bits per heavy atom. The lowest BCUT2D eigenvalue weighted by atomic mass is 10.0. The molecule has 7 nitrogen and oxygen atoms in total. The highest BCUT2D eigenvalue weighted by molar-refractivity contribution is 7.89. The molecule has 1 amide bonds. The molecule has 0 spiro atoms. The maximum atomic E-state index is 13.7. The Morgan fingerprint density at radius 1 is 1.19 bits per heavy atom. The van der Waals surface area contributed by atoms with Crippen LogP contribution in [0.3, 0.4) is 0 Å². The molecule has 0 aliphatic carbocycles. The van der Waals surface area contributed by atoms with Crippen molar-refractivity contribution in [2.75, 3.05) is 46.4 Å². The summed E-state index contributed by atoms with van der Waals surface area (Å²) in [5.41, 5.74) is 0.996. The molecule has 31 heavy (non-hydrogen) atoms. The monoisotopic (exact) mass is 465 g/mol. The number of rotatable bonds is 8. The van der Waals surface area contributed by atoms with E-state index in [1.165, 1.54) is 23.5 Å². The van der Waals surface area contributed by atoms with E-state index in [2.05, 4.69) is 5.32 Å². The summed E-state index contributed by atoms with van der Waals surface area (Å²) in [6, 6.07) is 14.1. The van der Waals surface area contributed by atoms with Gasteiger partial charge in [-0.3, -0.25) is 4.79 Å². The molecule has 1 heterocycles. The summed E-state index contributed by atoms with van der Waals surface area (Å²) in [4.78, 5) is 14.6. The summed E-state index contributed by atoms with van der Waals surface area (Å²) in [7, 11) is -2.63. The van der Waals surface area contributed by atoms with Crippen molar-refractivity contribution >= 4 is 27.5 Å². The van der Waals surface area contributed by atoms with Crippen molar-refractivity contribution in [3.63, 3.8) is 0 Å². The second kappa shape index (κ2) is 10.5. The van der Waals surface area contributed by atoms with Gasteiger partial charge in [-0.15, -0.1) is 0 Å². The van der Waals surface area contributed by atoms with Crippen molar-refractivity contribution in [1.82, 2.24) is 14.5 Å². The molecule has 1 atom stereocenters. The Hall–Kier alpha value is -2.13. The van der Waals surface area contributed by atoms with Crippen LogP contribution in [0.2, 0.25) is 5.02 Å². The first-order valence-electron chi connectivity index (χ1n) is 10.2. The lowest BCUT2D eigenvalue weighted by Gasteiger charge is -2.31. The Kier molecular flexibility index (Phi) is 7.94. The van der Waals surface area contributed by atoms with Gasteiger partial charge < -0.3 is 15.0 Å².